The van der Waals surface area contributed by atoms with E-state index < -0.39 is 0 Å². The summed E-state index contributed by atoms with van der Waals surface area (Å²) < 4.78 is 6.90. The number of hydrogen-bond acceptors (Lipinski definition) is 3. The Balaban J connectivity index is 1.85. The number of methoxy groups -OCH3 is 1. The molecular weight excluding hydrogens is 242 g/mol. The van der Waals surface area contributed by atoms with Gasteiger partial charge in [0.05, 0.1) is 0 Å². The topological polar surface area (TPSA) is 47.4 Å². The van der Waals surface area contributed by atoms with Crippen LogP contribution >= 0.6 is 0 Å². The van der Waals surface area contributed by atoms with E-state index in [1.165, 1.54) is 0 Å². The van der Waals surface area contributed by atoms with Crippen molar-refractivity contribution in [2.45, 2.75) is 32.7 Å². The first kappa shape index (κ1) is 14.1. The van der Waals surface area contributed by atoms with E-state index in [0.717, 1.165) is 45.5 Å². The highest BCUT2D eigenvalue weighted by Crippen LogP contribution is 2.21. The molecular formula is C14H23N3O2. The largest absolute Gasteiger partial charge is 0.385 e. The molecule has 5 nitrogen and oxygen atoms in total. The van der Waals surface area contributed by atoms with Crippen LogP contribution in [-0.2, 0) is 11.3 Å². The zero-order valence-electron chi connectivity index (χ0n) is 11.8. The summed E-state index contributed by atoms with van der Waals surface area (Å²) in [6.07, 6.45) is 5.11. The number of ether oxygens (including phenoxy) is 1. The lowest BCUT2D eigenvalue weighted by Gasteiger charge is -2.31. The Morgan fingerprint density at radius 2 is 2.21 bits per heavy atom. The van der Waals surface area contributed by atoms with Gasteiger partial charge in [-0.2, -0.15) is 5.10 Å². The monoisotopic (exact) mass is 265 g/mol. The van der Waals surface area contributed by atoms with Crippen LogP contribution in [0.3, 0.4) is 0 Å². The molecule has 2 rings (SSSR count). The van der Waals surface area contributed by atoms with Crippen LogP contribution in [0.2, 0.25) is 0 Å². The predicted molar refractivity (Wildman–Crippen MR) is 73.0 cm³/mol. The Labute approximate surface area is 114 Å². The third kappa shape index (κ3) is 3.56. The normalized spacial score (nSPS) is 16.8. The van der Waals surface area contributed by atoms with Crippen molar-refractivity contribution in [3.05, 3.63) is 18.0 Å². The maximum absolute atomic E-state index is 12.3. The maximum Gasteiger partial charge on any atom is 0.274 e. The van der Waals surface area contributed by atoms with Gasteiger partial charge in [-0.15, -0.1) is 0 Å². The van der Waals surface area contributed by atoms with E-state index in [1.54, 1.807) is 11.8 Å². The zero-order chi connectivity index (χ0) is 13.7. The van der Waals surface area contributed by atoms with E-state index in [0.29, 0.717) is 11.6 Å². The molecule has 1 aliphatic rings. The molecule has 1 aliphatic heterocycles. The molecule has 1 amide bonds. The molecule has 0 spiro atoms. The number of amides is 1. The average Bonchev–Trinajstić information content (AvgIpc) is 2.94. The van der Waals surface area contributed by atoms with E-state index in [1.807, 2.05) is 24.1 Å². The number of aromatic nitrogens is 2. The van der Waals surface area contributed by atoms with Crippen molar-refractivity contribution in [1.29, 1.82) is 0 Å². The minimum Gasteiger partial charge on any atom is -0.385 e. The standard InChI is InChI=1S/C14H23N3O2/c1-3-17-10-6-13(15-17)14(18)16-8-4-12(5-9-16)7-11-19-2/h6,10,12H,3-5,7-9,11H2,1-2H3. The molecule has 0 N–H and O–H groups in total. The van der Waals surface area contributed by atoms with Gasteiger partial charge in [0.1, 0.15) is 5.69 Å². The number of hydrogen-bond donors (Lipinski definition) is 0. The Hall–Kier alpha value is -1.36. The van der Waals surface area contributed by atoms with Crippen molar-refractivity contribution in [2.75, 3.05) is 26.8 Å². The highest BCUT2D eigenvalue weighted by atomic mass is 16.5. The van der Waals surface area contributed by atoms with Crippen LogP contribution in [-0.4, -0.2) is 47.4 Å². The fourth-order valence-corrected chi connectivity index (χ4v) is 2.52. The number of carbonyl (C=O) groups is 1. The molecule has 5 heteroatoms. The van der Waals surface area contributed by atoms with Crippen LogP contribution in [0.25, 0.3) is 0 Å². The van der Waals surface area contributed by atoms with E-state index in [9.17, 15) is 4.79 Å². The van der Waals surface area contributed by atoms with Gasteiger partial charge >= 0.3 is 0 Å². The van der Waals surface area contributed by atoms with Crippen molar-refractivity contribution in [1.82, 2.24) is 14.7 Å². The molecule has 1 aromatic rings. The van der Waals surface area contributed by atoms with E-state index in [-0.39, 0.29) is 5.91 Å². The number of nitrogens with zero attached hydrogens (tertiary/aromatic N) is 3. The smallest absolute Gasteiger partial charge is 0.274 e. The number of piperidine rings is 1. The molecule has 0 radical (unpaired) electrons. The third-order valence-corrected chi connectivity index (χ3v) is 3.82. The Morgan fingerprint density at radius 3 is 2.79 bits per heavy atom. The van der Waals surface area contributed by atoms with Gasteiger partial charge in [0.25, 0.3) is 5.91 Å². The second kappa shape index (κ2) is 6.70. The fraction of sp³-hybridized carbons (Fsp3) is 0.714. The molecule has 0 saturated carbocycles. The number of aryl methyl sites for hydroxylation is 1. The Bertz CT molecular complexity index is 409. The highest BCUT2D eigenvalue weighted by Gasteiger charge is 2.24. The lowest BCUT2D eigenvalue weighted by Crippen LogP contribution is -2.38. The molecule has 1 aromatic heterocycles. The molecule has 2 heterocycles. The summed E-state index contributed by atoms with van der Waals surface area (Å²) in [5.41, 5.74) is 0.567. The summed E-state index contributed by atoms with van der Waals surface area (Å²) in [6, 6.07) is 1.81. The number of likely N-dealkylation sites (tertiary alicyclic amines) is 1. The molecule has 19 heavy (non-hydrogen) atoms. The Morgan fingerprint density at radius 1 is 1.47 bits per heavy atom. The quantitative estimate of drug-likeness (QED) is 0.815. The van der Waals surface area contributed by atoms with Gasteiger partial charge in [0, 0.05) is 39.5 Å². The molecule has 0 aliphatic carbocycles. The minimum atomic E-state index is 0.0670. The van der Waals surface area contributed by atoms with Crippen molar-refractivity contribution in [3.8, 4) is 0 Å². The summed E-state index contributed by atoms with van der Waals surface area (Å²) >= 11 is 0. The summed E-state index contributed by atoms with van der Waals surface area (Å²) in [5, 5.41) is 4.28. The van der Waals surface area contributed by atoms with Crippen molar-refractivity contribution in [3.63, 3.8) is 0 Å². The first-order valence-electron chi connectivity index (χ1n) is 7.06. The second-order valence-corrected chi connectivity index (χ2v) is 5.07. The molecule has 1 fully saturated rings. The predicted octanol–water partition coefficient (Wildman–Crippen LogP) is 1.79. The first-order chi connectivity index (χ1) is 9.24. The minimum absolute atomic E-state index is 0.0670. The SMILES string of the molecule is CCn1ccc(C(=O)N2CCC(CCOC)CC2)n1. The van der Waals surface area contributed by atoms with Crippen LogP contribution < -0.4 is 0 Å². The summed E-state index contributed by atoms with van der Waals surface area (Å²) in [7, 11) is 1.74. The third-order valence-electron chi connectivity index (χ3n) is 3.82. The molecule has 0 unspecified atom stereocenters. The fourth-order valence-electron chi connectivity index (χ4n) is 2.52. The van der Waals surface area contributed by atoms with Gasteiger partial charge in [0.2, 0.25) is 0 Å². The van der Waals surface area contributed by atoms with Crippen molar-refractivity contribution >= 4 is 5.91 Å². The Kier molecular flexibility index (Phi) is 4.96. The number of rotatable bonds is 5. The molecule has 0 bridgehead atoms. The second-order valence-electron chi connectivity index (χ2n) is 5.07. The highest BCUT2D eigenvalue weighted by molar-refractivity contribution is 5.92. The average molecular weight is 265 g/mol. The van der Waals surface area contributed by atoms with Crippen molar-refractivity contribution in [2.24, 2.45) is 5.92 Å². The lowest BCUT2D eigenvalue weighted by atomic mass is 9.94. The van der Waals surface area contributed by atoms with Gasteiger partial charge in [-0.05, 0) is 38.2 Å². The molecule has 106 valence electrons. The van der Waals surface area contributed by atoms with Gasteiger partial charge in [-0.3, -0.25) is 9.48 Å². The van der Waals surface area contributed by atoms with Crippen LogP contribution in [0, 0.1) is 5.92 Å². The molecule has 0 atom stereocenters. The zero-order valence-corrected chi connectivity index (χ0v) is 11.8. The summed E-state index contributed by atoms with van der Waals surface area (Å²) in [4.78, 5) is 14.2. The van der Waals surface area contributed by atoms with Crippen LogP contribution in [0.1, 0.15) is 36.7 Å². The van der Waals surface area contributed by atoms with E-state index >= 15 is 0 Å². The first-order valence-corrected chi connectivity index (χ1v) is 7.06. The van der Waals surface area contributed by atoms with Gasteiger partial charge < -0.3 is 9.64 Å². The summed E-state index contributed by atoms with van der Waals surface area (Å²) in [6.45, 7) is 5.31. The van der Waals surface area contributed by atoms with Gasteiger partial charge in [-0.25, -0.2) is 0 Å². The van der Waals surface area contributed by atoms with Crippen molar-refractivity contribution < 1.29 is 9.53 Å². The van der Waals surface area contributed by atoms with Crippen LogP contribution in [0.15, 0.2) is 12.3 Å². The summed E-state index contributed by atoms with van der Waals surface area (Å²) in [5.74, 6) is 0.759. The van der Waals surface area contributed by atoms with Crippen LogP contribution in [0.4, 0.5) is 0 Å². The molecule has 0 aromatic carbocycles. The van der Waals surface area contributed by atoms with E-state index in [4.69, 9.17) is 4.74 Å². The van der Waals surface area contributed by atoms with Crippen LogP contribution in [0.5, 0.6) is 0 Å². The van der Waals surface area contributed by atoms with E-state index in [2.05, 4.69) is 5.10 Å². The number of carbonyl (C=O) groups excluding carboxylic acids is 1. The van der Waals surface area contributed by atoms with Gasteiger partial charge in [0.15, 0.2) is 0 Å². The van der Waals surface area contributed by atoms with Gasteiger partial charge in [-0.1, -0.05) is 0 Å². The lowest BCUT2D eigenvalue weighted by molar-refractivity contribution is 0.0663. The molecule has 1 saturated heterocycles. The maximum atomic E-state index is 12.3.